The number of rotatable bonds is 6. The van der Waals surface area contributed by atoms with E-state index in [2.05, 4.69) is 0 Å². The molecule has 5 heteroatoms. The van der Waals surface area contributed by atoms with Gasteiger partial charge in [0.25, 0.3) is 0 Å². The fraction of sp³-hybridized carbons (Fsp3) is 0.143. The number of nitrogens with two attached hydrogens (primary N) is 1. The molecule has 0 atom stereocenters. The maximum atomic E-state index is 7.08. The van der Waals surface area contributed by atoms with E-state index < -0.39 is 6.28 Å². The van der Waals surface area contributed by atoms with Crippen LogP contribution in [-0.4, -0.2) is 27.6 Å². The van der Waals surface area contributed by atoms with Gasteiger partial charge in [0.1, 0.15) is 23.5 Å². The SMILES string of the molecule is COc1ccc([B-](N)(c2ccc(OC)cc2)c2ccc(OC)cc2)cc1. The number of hydrogen-bond acceptors (Lipinski definition) is 4. The van der Waals surface area contributed by atoms with Crippen LogP contribution >= 0.6 is 0 Å². The number of benzene rings is 3. The van der Waals surface area contributed by atoms with Crippen LogP contribution in [0.2, 0.25) is 0 Å². The third-order valence-corrected chi connectivity index (χ3v) is 4.92. The van der Waals surface area contributed by atoms with Crippen LogP contribution in [0.25, 0.3) is 0 Å². The Morgan fingerprint density at radius 1 is 0.500 bits per heavy atom. The van der Waals surface area contributed by atoms with Crippen LogP contribution in [-0.2, 0) is 0 Å². The van der Waals surface area contributed by atoms with E-state index >= 15 is 0 Å². The molecule has 134 valence electrons. The zero-order chi connectivity index (χ0) is 18.6. The van der Waals surface area contributed by atoms with Gasteiger partial charge in [0.15, 0.2) is 0 Å². The van der Waals surface area contributed by atoms with Gasteiger partial charge in [-0.05, 0) is 36.4 Å². The minimum Gasteiger partial charge on any atom is -0.497 e. The molecule has 0 saturated heterocycles. The standard InChI is InChI=1S/C21H23BNO3/c1-24-19-10-4-16(5-11-19)22(23,17-6-12-20(25-2)13-7-17)18-8-14-21(26-3)15-9-18/h4-15H,23H2,1-3H3/q-1. The Labute approximate surface area is 154 Å². The number of methoxy groups -OCH3 is 3. The zero-order valence-corrected chi connectivity index (χ0v) is 15.3. The first-order valence-corrected chi connectivity index (χ1v) is 8.50. The molecule has 0 aliphatic heterocycles. The van der Waals surface area contributed by atoms with Crippen LogP contribution < -0.4 is 36.2 Å². The molecule has 4 nitrogen and oxygen atoms in total. The monoisotopic (exact) mass is 348 g/mol. The predicted octanol–water partition coefficient (Wildman–Crippen LogP) is 1.64. The summed E-state index contributed by atoms with van der Waals surface area (Å²) < 4.78 is 15.9. The lowest BCUT2D eigenvalue weighted by molar-refractivity contribution is 0.415. The molecular formula is C21H23BNO3-. The minimum absolute atomic E-state index is 0.802. The summed E-state index contributed by atoms with van der Waals surface area (Å²) in [4.78, 5) is 0. The van der Waals surface area contributed by atoms with Gasteiger partial charge < -0.3 is 19.9 Å². The molecule has 0 aromatic heterocycles. The summed E-state index contributed by atoms with van der Waals surface area (Å²) in [6.45, 7) is 0. The van der Waals surface area contributed by atoms with E-state index in [1.807, 2.05) is 72.8 Å². The van der Waals surface area contributed by atoms with Crippen molar-refractivity contribution < 1.29 is 14.2 Å². The first-order chi connectivity index (χ1) is 12.6. The lowest BCUT2D eigenvalue weighted by Crippen LogP contribution is -2.74. The fourth-order valence-corrected chi connectivity index (χ4v) is 3.30. The molecule has 0 spiro atoms. The van der Waals surface area contributed by atoms with Crippen LogP contribution in [0.4, 0.5) is 0 Å². The Hall–Kier alpha value is -2.92. The van der Waals surface area contributed by atoms with E-state index in [1.165, 1.54) is 0 Å². The summed E-state index contributed by atoms with van der Waals surface area (Å²) in [6, 6.07) is 23.7. The van der Waals surface area contributed by atoms with Gasteiger partial charge in [0.2, 0.25) is 0 Å². The third-order valence-electron chi connectivity index (χ3n) is 4.92. The number of ether oxygens (including phenoxy) is 3. The largest absolute Gasteiger partial charge is 0.497 e. The molecule has 0 unspecified atom stereocenters. The molecule has 0 aliphatic rings. The van der Waals surface area contributed by atoms with Crippen molar-refractivity contribution in [3.8, 4) is 17.2 Å². The first-order valence-electron chi connectivity index (χ1n) is 8.50. The summed E-state index contributed by atoms with van der Waals surface area (Å²) >= 11 is 0. The average molecular weight is 348 g/mol. The van der Waals surface area contributed by atoms with Crippen molar-refractivity contribution in [2.24, 2.45) is 5.64 Å². The van der Waals surface area contributed by atoms with E-state index in [0.717, 1.165) is 33.6 Å². The Morgan fingerprint density at radius 3 is 0.923 bits per heavy atom. The number of hydrogen-bond donors (Lipinski definition) is 1. The van der Waals surface area contributed by atoms with E-state index in [0.29, 0.717) is 0 Å². The molecule has 3 aromatic rings. The van der Waals surface area contributed by atoms with Gasteiger partial charge in [-0.25, -0.2) is 0 Å². The highest BCUT2D eigenvalue weighted by Gasteiger charge is 2.26. The van der Waals surface area contributed by atoms with Crippen LogP contribution in [0.15, 0.2) is 72.8 Å². The fourth-order valence-electron chi connectivity index (χ4n) is 3.30. The Bertz CT molecular complexity index is 730. The second-order valence-electron chi connectivity index (χ2n) is 6.25. The van der Waals surface area contributed by atoms with E-state index in [4.69, 9.17) is 19.9 Å². The molecule has 3 aromatic carbocycles. The average Bonchev–Trinajstić information content (AvgIpc) is 2.73. The minimum atomic E-state index is -1.64. The maximum Gasteiger partial charge on any atom is 0.139 e. The van der Waals surface area contributed by atoms with Crippen LogP contribution in [0.1, 0.15) is 0 Å². The van der Waals surface area contributed by atoms with Crippen LogP contribution in [0, 0.1) is 0 Å². The van der Waals surface area contributed by atoms with Crippen molar-refractivity contribution >= 4 is 22.7 Å². The second kappa shape index (κ2) is 7.54. The van der Waals surface area contributed by atoms with Crippen molar-refractivity contribution in [1.82, 2.24) is 0 Å². The summed E-state index contributed by atoms with van der Waals surface area (Å²) in [5, 5.41) is 0. The smallest absolute Gasteiger partial charge is 0.139 e. The molecular weight excluding hydrogens is 325 g/mol. The third kappa shape index (κ3) is 3.26. The van der Waals surface area contributed by atoms with Gasteiger partial charge in [-0.15, -0.1) is 0 Å². The Kier molecular flexibility index (Phi) is 5.19. The molecule has 2 N–H and O–H groups in total. The van der Waals surface area contributed by atoms with Crippen molar-refractivity contribution in [1.29, 1.82) is 0 Å². The van der Waals surface area contributed by atoms with Crippen molar-refractivity contribution in [3.05, 3.63) is 72.8 Å². The van der Waals surface area contributed by atoms with Gasteiger partial charge in [0, 0.05) is 0 Å². The molecule has 0 fully saturated rings. The van der Waals surface area contributed by atoms with Gasteiger partial charge >= 0.3 is 0 Å². The summed E-state index contributed by atoms with van der Waals surface area (Å²) in [6.07, 6.45) is -1.64. The zero-order valence-electron chi connectivity index (χ0n) is 15.3. The molecule has 0 amide bonds. The summed E-state index contributed by atoms with van der Waals surface area (Å²) in [5.41, 5.74) is 10.2. The molecule has 0 aliphatic carbocycles. The highest BCUT2D eigenvalue weighted by atomic mass is 16.5. The van der Waals surface area contributed by atoms with E-state index in [-0.39, 0.29) is 0 Å². The highest BCUT2D eigenvalue weighted by molar-refractivity contribution is 7.09. The lowest BCUT2D eigenvalue weighted by Gasteiger charge is -2.39. The summed E-state index contributed by atoms with van der Waals surface area (Å²) in [5.74, 6) is 2.41. The van der Waals surface area contributed by atoms with Gasteiger partial charge in [-0.3, -0.25) is 0 Å². The Morgan fingerprint density at radius 2 is 0.731 bits per heavy atom. The van der Waals surface area contributed by atoms with Crippen molar-refractivity contribution in [3.63, 3.8) is 0 Å². The lowest BCUT2D eigenvalue weighted by atomic mass is 9.25. The molecule has 0 saturated carbocycles. The normalized spacial score (nSPS) is 11.1. The first kappa shape index (κ1) is 17.9. The quantitative estimate of drug-likeness (QED) is 0.688. The second-order valence-corrected chi connectivity index (χ2v) is 6.25. The van der Waals surface area contributed by atoms with Crippen molar-refractivity contribution in [2.75, 3.05) is 21.3 Å². The van der Waals surface area contributed by atoms with Gasteiger partial charge in [-0.1, -0.05) is 36.4 Å². The molecule has 0 heterocycles. The van der Waals surface area contributed by atoms with Crippen LogP contribution in [0.3, 0.4) is 0 Å². The molecule has 0 bridgehead atoms. The van der Waals surface area contributed by atoms with E-state index in [9.17, 15) is 0 Å². The highest BCUT2D eigenvalue weighted by Crippen LogP contribution is 2.13. The Balaban J connectivity index is 2.15. The topological polar surface area (TPSA) is 53.7 Å². The van der Waals surface area contributed by atoms with E-state index in [1.54, 1.807) is 21.3 Å². The maximum absolute atomic E-state index is 7.08. The predicted molar refractivity (Wildman–Crippen MR) is 108 cm³/mol. The molecule has 26 heavy (non-hydrogen) atoms. The summed E-state index contributed by atoms with van der Waals surface area (Å²) in [7, 11) is 4.97. The molecule has 3 rings (SSSR count). The van der Waals surface area contributed by atoms with Crippen molar-refractivity contribution in [2.45, 2.75) is 0 Å². The molecule has 0 radical (unpaired) electrons. The van der Waals surface area contributed by atoms with Gasteiger partial charge in [-0.2, -0.15) is 16.4 Å². The van der Waals surface area contributed by atoms with Crippen LogP contribution in [0.5, 0.6) is 17.2 Å². The van der Waals surface area contributed by atoms with Gasteiger partial charge in [0.05, 0.1) is 21.3 Å².